The molecule has 2 atom stereocenters. The van der Waals surface area contributed by atoms with Crippen LogP contribution in [0, 0.1) is 56.1 Å². The van der Waals surface area contributed by atoms with Crippen molar-refractivity contribution in [1.29, 1.82) is 31.9 Å². The lowest BCUT2D eigenvalue weighted by Crippen LogP contribution is -2.46. The fraction of sp³-hybridized carbons (Fsp3) is 0.167. The highest BCUT2D eigenvalue weighted by Gasteiger charge is 2.38. The third kappa shape index (κ3) is 2.82. The van der Waals surface area contributed by atoms with Gasteiger partial charge in [0.1, 0.15) is 24.3 Å². The quantitative estimate of drug-likeness (QED) is 0.204. The van der Waals surface area contributed by atoms with Crippen LogP contribution in [-0.2, 0) is 0 Å². The predicted molar refractivity (Wildman–Crippen MR) is 80.3 cm³/mol. The fourth-order valence-corrected chi connectivity index (χ4v) is 1.81. The van der Waals surface area contributed by atoms with E-state index in [-0.39, 0.29) is 11.7 Å². The second-order valence-electron chi connectivity index (χ2n) is 4.40. The highest BCUT2D eigenvalue weighted by molar-refractivity contribution is 6.18. The minimum atomic E-state index is -1.20. The Kier molecular flexibility index (Phi) is 4.41. The van der Waals surface area contributed by atoms with Crippen LogP contribution in [0.25, 0.3) is 0 Å². The molecule has 2 rings (SSSR count). The summed E-state index contributed by atoms with van der Waals surface area (Å²) in [5.74, 6) is 0.299. The number of nitriles is 4. The van der Waals surface area contributed by atoms with E-state index in [0.717, 1.165) is 0 Å². The van der Waals surface area contributed by atoms with Crippen molar-refractivity contribution >= 4 is 23.1 Å². The third-order valence-corrected chi connectivity index (χ3v) is 2.96. The van der Waals surface area contributed by atoms with E-state index in [1.807, 2.05) is 0 Å². The van der Waals surface area contributed by atoms with Crippen molar-refractivity contribution in [3.05, 3.63) is 11.4 Å². The van der Waals surface area contributed by atoms with Gasteiger partial charge in [-0.2, -0.15) is 21.0 Å². The van der Waals surface area contributed by atoms with Gasteiger partial charge in [-0.25, -0.2) is 4.67 Å². The molecular formula is C12H9N12+. The van der Waals surface area contributed by atoms with Crippen molar-refractivity contribution in [2.75, 3.05) is 0 Å². The molecule has 12 nitrogen and oxygen atoms in total. The van der Waals surface area contributed by atoms with Crippen molar-refractivity contribution in [2.45, 2.75) is 12.1 Å². The van der Waals surface area contributed by atoms with Crippen molar-refractivity contribution in [1.82, 2.24) is 31.7 Å². The molecule has 0 aromatic carbocycles. The van der Waals surface area contributed by atoms with Gasteiger partial charge in [0.05, 0.1) is 0 Å². The van der Waals surface area contributed by atoms with Crippen LogP contribution in [0.5, 0.6) is 0 Å². The van der Waals surface area contributed by atoms with E-state index in [0.29, 0.717) is 11.4 Å². The van der Waals surface area contributed by atoms with Gasteiger partial charge in [-0.3, -0.25) is 32.3 Å². The molecule has 0 amide bonds. The molecule has 7 N–H and O–H groups in total. The van der Waals surface area contributed by atoms with Gasteiger partial charge >= 0.3 is 11.7 Å². The van der Waals surface area contributed by atoms with Crippen LogP contribution in [0.1, 0.15) is 0 Å². The Morgan fingerprint density at radius 3 is 1.62 bits per heavy atom. The van der Waals surface area contributed by atoms with E-state index in [1.165, 1.54) is 0 Å². The van der Waals surface area contributed by atoms with Crippen molar-refractivity contribution in [3.8, 4) is 24.3 Å². The maximum Gasteiger partial charge on any atom is 0.338 e. The summed E-state index contributed by atoms with van der Waals surface area (Å²) in [4.78, 5) is 0. The molecule has 0 saturated carbocycles. The molecule has 12 heteroatoms. The molecule has 0 fully saturated rings. The van der Waals surface area contributed by atoms with E-state index in [4.69, 9.17) is 31.9 Å². The first kappa shape index (κ1) is 16.0. The number of nitrogens with one attached hydrogen (secondary N) is 7. The minimum absolute atomic E-state index is 0.150. The molecule has 0 aliphatic carbocycles. The van der Waals surface area contributed by atoms with Crippen LogP contribution in [0.2, 0.25) is 0 Å². The summed E-state index contributed by atoms with van der Waals surface area (Å²) in [7, 11) is 0. The molecule has 24 heavy (non-hydrogen) atoms. The normalized spacial score (nSPS) is 16.3. The summed E-state index contributed by atoms with van der Waals surface area (Å²) in [6, 6.07) is 4.27. The number of amidine groups is 2. The first-order valence-corrected chi connectivity index (χ1v) is 6.32. The standard InChI is InChI=1S/C12H8N12/c13-1-5(17)7(3-15)19-11-9-10(23-24-22-9)12(21-11)20-8(4-16)6(18)2-14/h7-8,17-18H,(H4,19,20,21,22,23,24)/p+1. The maximum atomic E-state index is 9.03. The van der Waals surface area contributed by atoms with Gasteiger partial charge in [0.2, 0.25) is 12.1 Å². The van der Waals surface area contributed by atoms with Crippen LogP contribution in [0.4, 0.5) is 0 Å². The van der Waals surface area contributed by atoms with Crippen molar-refractivity contribution in [3.63, 3.8) is 0 Å². The second-order valence-corrected chi connectivity index (χ2v) is 4.40. The Labute approximate surface area is 135 Å². The van der Waals surface area contributed by atoms with E-state index in [2.05, 4.69) is 31.7 Å². The largest absolute Gasteiger partial charge is 0.338 e. The Balaban J connectivity index is 2.32. The molecule has 2 heterocycles. The minimum Gasteiger partial charge on any atom is -0.295 e. The average Bonchev–Trinajstić information content (AvgIpc) is 3.20. The molecule has 0 aromatic heterocycles. The van der Waals surface area contributed by atoms with Crippen LogP contribution >= 0.6 is 0 Å². The molecule has 0 saturated heterocycles. The number of hydrazine groups is 2. The van der Waals surface area contributed by atoms with Gasteiger partial charge < -0.3 is 0 Å². The van der Waals surface area contributed by atoms with Gasteiger partial charge in [0.15, 0.2) is 22.8 Å². The molecule has 2 unspecified atom stereocenters. The SMILES string of the molecule is N#CC(=N)C(C#N)NC1=[N+]=C(NC(C#N)C(=N)C#N)C2=C1NNN2. The maximum absolute atomic E-state index is 9.03. The van der Waals surface area contributed by atoms with Gasteiger partial charge in [-0.1, -0.05) is 0 Å². The smallest absolute Gasteiger partial charge is 0.295 e. The van der Waals surface area contributed by atoms with Crippen molar-refractivity contribution in [2.24, 2.45) is 0 Å². The van der Waals surface area contributed by atoms with Crippen LogP contribution in [-0.4, -0.2) is 35.2 Å². The Morgan fingerprint density at radius 2 is 1.29 bits per heavy atom. The van der Waals surface area contributed by atoms with Gasteiger partial charge in [0.25, 0.3) is 0 Å². The second kappa shape index (κ2) is 6.61. The molecule has 116 valence electrons. The Bertz CT molecular complexity index is 805. The zero-order valence-electron chi connectivity index (χ0n) is 11.9. The summed E-state index contributed by atoms with van der Waals surface area (Å²) in [5.41, 5.74) is 7.85. The Hall–Kier alpha value is -4.35. The van der Waals surface area contributed by atoms with E-state index < -0.39 is 23.5 Å². The van der Waals surface area contributed by atoms with Gasteiger partial charge in [0, 0.05) is 0 Å². The highest BCUT2D eigenvalue weighted by atomic mass is 15.6. The average molecular weight is 321 g/mol. The lowest BCUT2D eigenvalue weighted by atomic mass is 10.2. The van der Waals surface area contributed by atoms with Crippen LogP contribution < -0.4 is 31.7 Å². The highest BCUT2D eigenvalue weighted by Crippen LogP contribution is 2.07. The molecule has 0 spiro atoms. The van der Waals surface area contributed by atoms with Gasteiger partial charge in [-0.05, 0) is 0 Å². The third-order valence-electron chi connectivity index (χ3n) is 2.96. The number of hydrogen-bond acceptors (Lipinski definition) is 11. The first-order chi connectivity index (χ1) is 11.5. The number of rotatable bonds is 4. The molecule has 0 bridgehead atoms. The van der Waals surface area contributed by atoms with Crippen molar-refractivity contribution < 1.29 is 0 Å². The van der Waals surface area contributed by atoms with Gasteiger partial charge in [-0.15, -0.1) is 5.53 Å². The summed E-state index contributed by atoms with van der Waals surface area (Å²) in [6.07, 6.45) is 0. The molecule has 0 aromatic rings. The lowest BCUT2D eigenvalue weighted by Gasteiger charge is -2.05. The molecule has 2 aliphatic rings. The van der Waals surface area contributed by atoms with Crippen LogP contribution in [0.15, 0.2) is 11.4 Å². The lowest BCUT2D eigenvalue weighted by molar-refractivity contribution is 0.597. The summed E-state index contributed by atoms with van der Waals surface area (Å²) >= 11 is 0. The number of nitrogens with zero attached hydrogens (tertiary/aromatic N) is 5. The van der Waals surface area contributed by atoms with Crippen LogP contribution in [0.3, 0.4) is 0 Å². The fourth-order valence-electron chi connectivity index (χ4n) is 1.81. The summed E-state index contributed by atoms with van der Waals surface area (Å²) in [6.45, 7) is 0. The van der Waals surface area contributed by atoms with E-state index in [9.17, 15) is 0 Å². The summed E-state index contributed by atoms with van der Waals surface area (Å²) in [5, 5.41) is 55.6. The molecule has 2 aliphatic heterocycles. The summed E-state index contributed by atoms with van der Waals surface area (Å²) < 4.78 is 4.14. The molecular weight excluding hydrogens is 312 g/mol. The topological polar surface area (TPSA) is 217 Å². The Morgan fingerprint density at radius 1 is 0.875 bits per heavy atom. The molecule has 0 radical (unpaired) electrons. The predicted octanol–water partition coefficient (Wildman–Crippen LogP) is -3.26. The monoisotopic (exact) mass is 321 g/mol. The van der Waals surface area contributed by atoms with E-state index in [1.54, 1.807) is 24.3 Å². The first-order valence-electron chi connectivity index (χ1n) is 6.32. The zero-order valence-corrected chi connectivity index (χ0v) is 11.9. The zero-order chi connectivity index (χ0) is 17.7. The van der Waals surface area contributed by atoms with E-state index >= 15 is 0 Å². The number of hydrogen-bond donors (Lipinski definition) is 7.